The first kappa shape index (κ1) is 20.6. The van der Waals surface area contributed by atoms with Crippen molar-refractivity contribution in [1.82, 2.24) is 34.6 Å². The number of benzene rings is 1. The van der Waals surface area contributed by atoms with Crippen LogP contribution in [0, 0.1) is 13.8 Å². The summed E-state index contributed by atoms with van der Waals surface area (Å²) in [6.07, 6.45) is 5.66. The molecule has 4 aromatic rings. The number of pyridine rings is 1. The molecule has 32 heavy (non-hydrogen) atoms. The third-order valence-electron chi connectivity index (χ3n) is 6.39. The Bertz CT molecular complexity index is 1300. The van der Waals surface area contributed by atoms with Crippen LogP contribution in [0.2, 0.25) is 0 Å². The fourth-order valence-corrected chi connectivity index (χ4v) is 4.90. The van der Waals surface area contributed by atoms with Gasteiger partial charge in [-0.15, -0.1) is 0 Å². The van der Waals surface area contributed by atoms with E-state index < -0.39 is 0 Å². The summed E-state index contributed by atoms with van der Waals surface area (Å²) in [5.74, 6) is 0.444. The largest absolute Gasteiger partial charge is 0.341 e. The lowest BCUT2D eigenvalue weighted by Crippen LogP contribution is -2.43. The second-order valence-electron chi connectivity index (χ2n) is 9.18. The van der Waals surface area contributed by atoms with Crippen molar-refractivity contribution in [2.75, 3.05) is 33.7 Å². The first-order valence-corrected chi connectivity index (χ1v) is 11.1. The minimum atomic E-state index is 0.192. The van der Waals surface area contributed by atoms with Crippen molar-refractivity contribution in [1.29, 1.82) is 0 Å². The fraction of sp³-hybridized carbons (Fsp3) is 0.417. The van der Waals surface area contributed by atoms with Crippen LogP contribution in [0.5, 0.6) is 0 Å². The Morgan fingerprint density at radius 2 is 2.00 bits per heavy atom. The van der Waals surface area contributed by atoms with Gasteiger partial charge >= 0.3 is 0 Å². The van der Waals surface area contributed by atoms with Gasteiger partial charge in [-0.2, -0.15) is 10.2 Å². The second-order valence-corrected chi connectivity index (χ2v) is 9.18. The molecule has 1 N–H and O–H groups in total. The zero-order chi connectivity index (χ0) is 22.4. The number of likely N-dealkylation sites (tertiary alicyclic amines) is 1. The average Bonchev–Trinajstić information content (AvgIpc) is 3.41. The zero-order valence-electron chi connectivity index (χ0n) is 19.1. The molecule has 4 heterocycles. The van der Waals surface area contributed by atoms with Gasteiger partial charge in [0.2, 0.25) is 5.91 Å². The Balaban J connectivity index is 1.48. The molecule has 0 spiro atoms. The Morgan fingerprint density at radius 1 is 1.19 bits per heavy atom. The van der Waals surface area contributed by atoms with E-state index in [9.17, 15) is 4.79 Å². The lowest BCUT2D eigenvalue weighted by Gasteiger charge is -2.33. The number of hydrogen-bond donors (Lipinski definition) is 1. The number of amides is 1. The maximum atomic E-state index is 12.6. The summed E-state index contributed by atoms with van der Waals surface area (Å²) in [6.45, 7) is 6.21. The molecule has 1 amide bonds. The highest BCUT2D eigenvalue weighted by Gasteiger charge is 2.28. The van der Waals surface area contributed by atoms with Gasteiger partial charge in [-0.3, -0.25) is 9.89 Å². The van der Waals surface area contributed by atoms with E-state index in [1.54, 1.807) is 6.33 Å². The summed E-state index contributed by atoms with van der Waals surface area (Å²) in [6, 6.07) is 6.53. The van der Waals surface area contributed by atoms with Crippen LogP contribution < -0.4 is 0 Å². The number of aromatic nitrogens is 5. The maximum absolute atomic E-state index is 12.6. The van der Waals surface area contributed by atoms with Crippen LogP contribution in [0.15, 0.2) is 30.7 Å². The lowest BCUT2D eigenvalue weighted by molar-refractivity contribution is -0.133. The van der Waals surface area contributed by atoms with Crippen molar-refractivity contribution in [2.24, 2.45) is 0 Å². The number of hydrogen-bond acceptors (Lipinski definition) is 5. The number of fused-ring (bicyclic) bond motifs is 2. The van der Waals surface area contributed by atoms with Crippen LogP contribution >= 0.6 is 0 Å². The van der Waals surface area contributed by atoms with Crippen molar-refractivity contribution in [3.05, 3.63) is 47.5 Å². The number of aryl methyl sites for hydroxylation is 2. The number of aromatic amines is 1. The van der Waals surface area contributed by atoms with Crippen molar-refractivity contribution in [3.8, 4) is 11.1 Å². The number of carbonyl (C=O) groups excluding carboxylic acids is 1. The number of rotatable bonds is 4. The number of carbonyl (C=O) groups is 1. The summed E-state index contributed by atoms with van der Waals surface area (Å²) < 4.78 is 1.82. The second kappa shape index (κ2) is 8.02. The highest BCUT2D eigenvalue weighted by molar-refractivity contribution is 5.90. The van der Waals surface area contributed by atoms with E-state index in [1.165, 1.54) is 10.9 Å². The molecule has 0 radical (unpaired) electrons. The van der Waals surface area contributed by atoms with Crippen LogP contribution in [0.25, 0.3) is 27.7 Å². The molecule has 0 aliphatic carbocycles. The molecule has 1 aromatic carbocycles. The summed E-state index contributed by atoms with van der Waals surface area (Å²) in [5, 5.41) is 13.5. The van der Waals surface area contributed by atoms with Crippen molar-refractivity contribution in [3.63, 3.8) is 0 Å². The molecule has 166 valence electrons. The minimum Gasteiger partial charge on any atom is -0.341 e. The van der Waals surface area contributed by atoms with Gasteiger partial charge in [-0.25, -0.2) is 9.50 Å². The molecule has 5 rings (SSSR count). The van der Waals surface area contributed by atoms with Gasteiger partial charge in [0.15, 0.2) is 5.65 Å². The van der Waals surface area contributed by atoms with E-state index in [1.807, 2.05) is 34.6 Å². The Morgan fingerprint density at radius 3 is 2.81 bits per heavy atom. The topological polar surface area (TPSA) is 82.4 Å². The zero-order valence-corrected chi connectivity index (χ0v) is 19.1. The van der Waals surface area contributed by atoms with Crippen LogP contribution in [0.3, 0.4) is 0 Å². The number of H-pyrrole nitrogens is 1. The van der Waals surface area contributed by atoms with E-state index in [-0.39, 0.29) is 11.8 Å². The van der Waals surface area contributed by atoms with E-state index >= 15 is 0 Å². The molecular formula is C24H29N7O. The minimum absolute atomic E-state index is 0.192. The molecule has 1 unspecified atom stereocenters. The number of likely N-dealkylation sites (N-methyl/N-ethyl adjacent to an activating group) is 1. The molecule has 3 aromatic heterocycles. The molecule has 8 heteroatoms. The summed E-state index contributed by atoms with van der Waals surface area (Å²) >= 11 is 0. The summed E-state index contributed by atoms with van der Waals surface area (Å²) in [4.78, 5) is 20.8. The van der Waals surface area contributed by atoms with Crippen molar-refractivity contribution >= 4 is 22.5 Å². The van der Waals surface area contributed by atoms with E-state index in [0.29, 0.717) is 6.54 Å². The third kappa shape index (κ3) is 3.64. The smallest absolute Gasteiger partial charge is 0.236 e. The van der Waals surface area contributed by atoms with Gasteiger partial charge in [0.1, 0.15) is 6.33 Å². The average molecular weight is 432 g/mol. The molecule has 1 fully saturated rings. The molecule has 1 aliphatic heterocycles. The van der Waals surface area contributed by atoms with Gasteiger partial charge in [0.05, 0.1) is 17.8 Å². The quantitative estimate of drug-likeness (QED) is 0.537. The molecule has 0 saturated carbocycles. The maximum Gasteiger partial charge on any atom is 0.236 e. The SMILES string of the molecule is Cc1cc(-c2cc(C)c3ncnn3c2)cc2[nH]nc(C3CCCN(C(=O)CN(C)C)C3)c12. The molecular weight excluding hydrogens is 402 g/mol. The highest BCUT2D eigenvalue weighted by atomic mass is 16.2. The predicted molar refractivity (Wildman–Crippen MR) is 125 cm³/mol. The summed E-state index contributed by atoms with van der Waals surface area (Å²) in [5.41, 5.74) is 7.48. The van der Waals surface area contributed by atoms with Gasteiger partial charge in [-0.1, -0.05) is 6.07 Å². The van der Waals surface area contributed by atoms with Crippen LogP contribution in [0.4, 0.5) is 0 Å². The van der Waals surface area contributed by atoms with Gasteiger partial charge < -0.3 is 9.80 Å². The number of nitrogens with one attached hydrogen (secondary N) is 1. The molecule has 0 bridgehead atoms. The third-order valence-corrected chi connectivity index (χ3v) is 6.39. The Labute approximate surface area is 187 Å². The predicted octanol–water partition coefficient (Wildman–Crippen LogP) is 3.16. The standard InChI is InChI=1S/C24H29N7O/c1-15-8-18(19-9-16(2)24-25-14-26-31(24)12-19)10-20-22(15)23(28-27-20)17-6-5-7-30(11-17)21(32)13-29(3)4/h8-10,12,14,17H,5-7,11,13H2,1-4H3,(H,27,28). The van der Waals surface area contributed by atoms with Gasteiger partial charge in [-0.05, 0) is 69.6 Å². The molecule has 1 atom stereocenters. The number of piperidine rings is 1. The Hall–Kier alpha value is -3.26. The Kier molecular flexibility index (Phi) is 5.17. The first-order valence-electron chi connectivity index (χ1n) is 11.1. The molecule has 1 aliphatic rings. The van der Waals surface area contributed by atoms with Crippen LogP contribution in [0.1, 0.15) is 35.6 Å². The monoisotopic (exact) mass is 431 g/mol. The van der Waals surface area contributed by atoms with Gasteiger partial charge in [0.25, 0.3) is 0 Å². The highest BCUT2D eigenvalue weighted by Crippen LogP contribution is 2.35. The van der Waals surface area contributed by atoms with Crippen molar-refractivity contribution < 1.29 is 4.79 Å². The van der Waals surface area contributed by atoms with E-state index in [0.717, 1.165) is 59.5 Å². The molecule has 8 nitrogen and oxygen atoms in total. The van der Waals surface area contributed by atoms with Gasteiger partial charge in [0, 0.05) is 36.2 Å². The lowest BCUT2D eigenvalue weighted by atomic mass is 9.90. The summed E-state index contributed by atoms with van der Waals surface area (Å²) in [7, 11) is 3.87. The van der Waals surface area contributed by atoms with E-state index in [4.69, 9.17) is 5.10 Å². The fourth-order valence-electron chi connectivity index (χ4n) is 4.90. The number of nitrogens with zero attached hydrogens (tertiary/aromatic N) is 6. The van der Waals surface area contributed by atoms with Crippen molar-refractivity contribution in [2.45, 2.75) is 32.6 Å². The molecule has 1 saturated heterocycles. The normalized spacial score (nSPS) is 17.0. The van der Waals surface area contributed by atoms with E-state index in [2.05, 4.69) is 47.2 Å². The van der Waals surface area contributed by atoms with Crippen LogP contribution in [-0.2, 0) is 4.79 Å². The van der Waals surface area contributed by atoms with Crippen LogP contribution in [-0.4, -0.2) is 74.2 Å². The first-order chi connectivity index (χ1) is 15.4.